The van der Waals surface area contributed by atoms with Crippen LogP contribution >= 0.6 is 0 Å². The van der Waals surface area contributed by atoms with E-state index in [2.05, 4.69) is 44.6 Å². The van der Waals surface area contributed by atoms with E-state index in [-0.39, 0.29) is 18.0 Å². The molecule has 2 atom stereocenters. The quantitative estimate of drug-likeness (QED) is 0.901. The van der Waals surface area contributed by atoms with Crippen LogP contribution in [-0.2, 0) is 11.2 Å². The molecule has 2 heterocycles. The minimum Gasteiger partial charge on any atom is -0.378 e. The number of carbonyl (C=O) groups is 1. The molecule has 0 saturated heterocycles. The van der Waals surface area contributed by atoms with Gasteiger partial charge in [-0.25, -0.2) is 0 Å². The van der Waals surface area contributed by atoms with Crippen molar-refractivity contribution in [3.8, 4) is 0 Å². The Morgan fingerprint density at radius 1 is 1.27 bits per heavy atom. The highest BCUT2D eigenvalue weighted by atomic mass is 16.2. The molecular weight excluding hydrogens is 278 g/mol. The summed E-state index contributed by atoms with van der Waals surface area (Å²) in [6.07, 6.45) is 0.625. The van der Waals surface area contributed by atoms with E-state index in [1.807, 2.05) is 28.1 Å². The van der Waals surface area contributed by atoms with Crippen LogP contribution in [0.2, 0.25) is 0 Å². The first-order chi connectivity index (χ1) is 10.5. The third-order valence-electron chi connectivity index (χ3n) is 4.10. The van der Waals surface area contributed by atoms with Crippen molar-refractivity contribution in [1.82, 2.24) is 10.3 Å². The fourth-order valence-electron chi connectivity index (χ4n) is 2.89. The van der Waals surface area contributed by atoms with Crippen molar-refractivity contribution in [2.24, 2.45) is 10.1 Å². The Morgan fingerprint density at radius 2 is 1.95 bits per heavy atom. The molecular formula is C16H21N5O. The smallest absolute Gasteiger partial charge is 0.252 e. The van der Waals surface area contributed by atoms with Gasteiger partial charge in [-0.2, -0.15) is 5.10 Å². The van der Waals surface area contributed by atoms with Gasteiger partial charge in [0.2, 0.25) is 0 Å². The Kier molecular flexibility index (Phi) is 3.60. The third kappa shape index (κ3) is 2.56. The fraction of sp³-hybridized carbons (Fsp3) is 0.438. The van der Waals surface area contributed by atoms with Gasteiger partial charge in [0.25, 0.3) is 5.91 Å². The molecule has 6 heteroatoms. The fourth-order valence-corrected chi connectivity index (χ4v) is 2.89. The molecule has 0 bridgehead atoms. The summed E-state index contributed by atoms with van der Waals surface area (Å²) < 4.78 is 0. The number of anilines is 1. The maximum absolute atomic E-state index is 12.3. The summed E-state index contributed by atoms with van der Waals surface area (Å²) in [6, 6.07) is 7.81. The number of amides is 1. The van der Waals surface area contributed by atoms with Crippen LogP contribution in [0, 0.1) is 0 Å². The van der Waals surface area contributed by atoms with Gasteiger partial charge >= 0.3 is 0 Å². The number of hydrogen-bond donors (Lipinski definition) is 1. The maximum Gasteiger partial charge on any atom is 0.252 e. The first kappa shape index (κ1) is 14.6. The number of hydrogen-bond acceptors (Lipinski definition) is 5. The van der Waals surface area contributed by atoms with Crippen molar-refractivity contribution in [3.05, 3.63) is 29.8 Å². The zero-order valence-electron chi connectivity index (χ0n) is 13.4. The standard InChI is InChI=1S/C16H21N5O/c1-10-14-15(21(4)19-10)16(22)18-13(17-14)9-11-5-7-12(8-6-11)20(2)3/h5-8,14-15H,9H2,1-4H3,(H,17,18,22). The van der Waals surface area contributed by atoms with Crippen molar-refractivity contribution >= 4 is 23.1 Å². The van der Waals surface area contributed by atoms with Crippen LogP contribution in [0.1, 0.15) is 12.5 Å². The summed E-state index contributed by atoms with van der Waals surface area (Å²) in [6.45, 7) is 1.92. The lowest BCUT2D eigenvalue weighted by molar-refractivity contribution is -0.124. The molecule has 116 valence electrons. The predicted octanol–water partition coefficient (Wildman–Crippen LogP) is 0.882. The van der Waals surface area contributed by atoms with Crippen molar-refractivity contribution in [1.29, 1.82) is 0 Å². The van der Waals surface area contributed by atoms with Crippen LogP contribution in [0.5, 0.6) is 0 Å². The number of fused-ring (bicyclic) bond motifs is 1. The van der Waals surface area contributed by atoms with Gasteiger partial charge in [-0.3, -0.25) is 14.8 Å². The van der Waals surface area contributed by atoms with E-state index < -0.39 is 0 Å². The summed E-state index contributed by atoms with van der Waals surface area (Å²) >= 11 is 0. The number of aliphatic imine (C=N–C) groups is 1. The highest BCUT2D eigenvalue weighted by Crippen LogP contribution is 2.21. The molecule has 0 aromatic heterocycles. The molecule has 1 aromatic carbocycles. The van der Waals surface area contributed by atoms with Crippen molar-refractivity contribution < 1.29 is 4.79 Å². The van der Waals surface area contributed by atoms with E-state index in [1.54, 1.807) is 5.01 Å². The molecule has 2 unspecified atom stereocenters. The van der Waals surface area contributed by atoms with Crippen LogP contribution < -0.4 is 10.2 Å². The van der Waals surface area contributed by atoms with E-state index in [0.29, 0.717) is 12.3 Å². The summed E-state index contributed by atoms with van der Waals surface area (Å²) in [5, 5.41) is 8.94. The van der Waals surface area contributed by atoms with Gasteiger partial charge < -0.3 is 10.2 Å². The summed E-state index contributed by atoms with van der Waals surface area (Å²) in [5.41, 5.74) is 3.17. The topological polar surface area (TPSA) is 60.3 Å². The van der Waals surface area contributed by atoms with Crippen LogP contribution in [0.25, 0.3) is 0 Å². The first-order valence-electron chi connectivity index (χ1n) is 7.37. The SMILES string of the molecule is CC1=NN(C)C2C(=O)NC(Cc3ccc(N(C)C)cc3)=NC12. The molecule has 6 nitrogen and oxygen atoms in total. The number of carbonyl (C=O) groups excluding carboxylic acids is 1. The van der Waals surface area contributed by atoms with E-state index in [1.165, 1.54) is 0 Å². The summed E-state index contributed by atoms with van der Waals surface area (Å²) in [7, 11) is 5.84. The van der Waals surface area contributed by atoms with E-state index in [4.69, 9.17) is 0 Å². The van der Waals surface area contributed by atoms with Crippen molar-refractivity contribution in [2.75, 3.05) is 26.0 Å². The van der Waals surface area contributed by atoms with Gasteiger partial charge in [0.05, 0.1) is 5.71 Å². The molecule has 1 amide bonds. The molecule has 1 N–H and O–H groups in total. The van der Waals surface area contributed by atoms with Gasteiger partial charge in [-0.15, -0.1) is 0 Å². The second-order valence-corrected chi connectivity index (χ2v) is 6.01. The number of benzene rings is 1. The lowest BCUT2D eigenvalue weighted by atomic mass is 10.0. The monoisotopic (exact) mass is 299 g/mol. The molecule has 0 aliphatic carbocycles. The second kappa shape index (κ2) is 5.44. The molecule has 0 spiro atoms. The van der Waals surface area contributed by atoms with Crippen LogP contribution in [0.15, 0.2) is 34.4 Å². The second-order valence-electron chi connectivity index (χ2n) is 6.01. The van der Waals surface area contributed by atoms with E-state index in [9.17, 15) is 4.79 Å². The van der Waals surface area contributed by atoms with Gasteiger partial charge in [0.15, 0.2) is 6.04 Å². The Hall–Kier alpha value is -2.37. The average molecular weight is 299 g/mol. The number of amidine groups is 1. The summed E-state index contributed by atoms with van der Waals surface area (Å²) in [4.78, 5) is 19.0. The zero-order valence-corrected chi connectivity index (χ0v) is 13.4. The van der Waals surface area contributed by atoms with Gasteiger partial charge in [-0.05, 0) is 24.6 Å². The first-order valence-corrected chi connectivity index (χ1v) is 7.37. The van der Waals surface area contributed by atoms with E-state index >= 15 is 0 Å². The highest BCUT2D eigenvalue weighted by molar-refractivity contribution is 6.09. The van der Waals surface area contributed by atoms with E-state index in [0.717, 1.165) is 17.0 Å². The predicted molar refractivity (Wildman–Crippen MR) is 88.5 cm³/mol. The Balaban J connectivity index is 1.78. The average Bonchev–Trinajstić information content (AvgIpc) is 2.74. The number of hydrazone groups is 1. The molecule has 1 aromatic rings. The largest absolute Gasteiger partial charge is 0.378 e. The summed E-state index contributed by atoms with van der Waals surface area (Å²) in [5.74, 6) is 0.691. The molecule has 2 aliphatic rings. The number of rotatable bonds is 3. The minimum atomic E-state index is -0.306. The maximum atomic E-state index is 12.3. The molecule has 0 radical (unpaired) electrons. The molecule has 22 heavy (non-hydrogen) atoms. The molecule has 2 aliphatic heterocycles. The van der Waals surface area contributed by atoms with Gasteiger partial charge in [0, 0.05) is 33.3 Å². The lowest BCUT2D eigenvalue weighted by Crippen LogP contribution is -2.54. The number of nitrogens with zero attached hydrogens (tertiary/aromatic N) is 4. The Morgan fingerprint density at radius 3 is 2.59 bits per heavy atom. The van der Waals surface area contributed by atoms with Crippen LogP contribution in [0.3, 0.4) is 0 Å². The minimum absolute atomic E-state index is 0.0250. The third-order valence-corrected chi connectivity index (χ3v) is 4.10. The molecule has 0 fully saturated rings. The normalized spacial score (nSPS) is 23.6. The van der Waals surface area contributed by atoms with Crippen LogP contribution in [0.4, 0.5) is 5.69 Å². The zero-order chi connectivity index (χ0) is 15.9. The molecule has 3 rings (SSSR count). The number of likely N-dealkylation sites (N-methyl/N-ethyl adjacent to an activating group) is 1. The van der Waals surface area contributed by atoms with Gasteiger partial charge in [-0.1, -0.05) is 12.1 Å². The van der Waals surface area contributed by atoms with Crippen molar-refractivity contribution in [2.45, 2.75) is 25.4 Å². The van der Waals surface area contributed by atoms with Crippen molar-refractivity contribution in [3.63, 3.8) is 0 Å². The highest BCUT2D eigenvalue weighted by Gasteiger charge is 2.41. The Labute approximate surface area is 130 Å². The van der Waals surface area contributed by atoms with Gasteiger partial charge in [0.1, 0.15) is 11.9 Å². The molecule has 0 saturated carbocycles. The Bertz CT molecular complexity index is 647. The lowest BCUT2D eigenvalue weighted by Gasteiger charge is -2.27. The number of nitrogens with one attached hydrogen (secondary N) is 1. The van der Waals surface area contributed by atoms with Crippen LogP contribution in [-0.4, -0.2) is 55.7 Å².